The Morgan fingerprint density at radius 1 is 1.14 bits per heavy atom. The first-order chi connectivity index (χ1) is 24.1. The fraction of sp³-hybridized carbons (Fsp3) is 0.438. The van der Waals surface area contributed by atoms with Gasteiger partial charge in [-0.25, -0.2) is 5.84 Å². The minimum Gasteiger partial charge on any atom is -0.507 e. The summed E-state index contributed by atoms with van der Waals surface area (Å²) in [5.74, 6) is 0.402. The topological polar surface area (TPSA) is 292 Å². The number of carbonyl (C=O) groups is 4. The second kappa shape index (κ2) is 14.8. The highest BCUT2D eigenvalue weighted by molar-refractivity contribution is 7.80. The summed E-state index contributed by atoms with van der Waals surface area (Å²) in [6.07, 6.45) is -6.95. The number of hydrazine groups is 1. The third kappa shape index (κ3) is 7.09. The van der Waals surface area contributed by atoms with Crippen molar-refractivity contribution in [3.05, 3.63) is 51.6 Å². The van der Waals surface area contributed by atoms with Crippen LogP contribution in [0.15, 0.2) is 23.3 Å². The molecule has 1 heterocycles. The molecule has 0 bridgehead atoms. The molecule has 0 saturated carbocycles. The van der Waals surface area contributed by atoms with Crippen molar-refractivity contribution in [3.8, 4) is 17.2 Å². The highest BCUT2D eigenvalue weighted by atomic mass is 32.1. The summed E-state index contributed by atoms with van der Waals surface area (Å²) in [5.41, 5.74) is 0.353. The standard InChI is InChI=1S/C32H37N5O13S/c1-12-26(42)15(34-19(39)6-7-20(40)41)8-21(49-12)50-17-10-32(47,18(11-38)36-37-31(51)35-33)9-14-23(17)30(46)25-24(28(14)44)27(43)13-4-3-5-16(48-2)22(13)29(25)45/h3-5,12,15,17,21,26,38,42,44,46-47H,6-11,33H2,1-2H3,(H,34,39)(H,40,41)(H2,35,37,51)/b36-18+/t12-,15-,17-,21-,26+,32-/m0/s1. The molecule has 0 aromatic heterocycles. The van der Waals surface area contributed by atoms with E-state index in [1.165, 1.54) is 32.2 Å². The number of carboxylic acids is 1. The second-order valence-corrected chi connectivity index (χ2v) is 12.7. The van der Waals surface area contributed by atoms with E-state index in [0.29, 0.717) is 0 Å². The van der Waals surface area contributed by atoms with Crippen molar-refractivity contribution in [2.75, 3.05) is 13.7 Å². The normalized spacial score (nSPS) is 25.6. The minimum atomic E-state index is -2.16. The quantitative estimate of drug-likeness (QED) is 0.0399. The number of fused-ring (bicyclic) bond motifs is 3. The number of thiocarbonyl (C=S) groups is 1. The third-order valence-electron chi connectivity index (χ3n) is 9.12. The Balaban J connectivity index is 1.61. The van der Waals surface area contributed by atoms with Crippen molar-refractivity contribution in [2.24, 2.45) is 10.9 Å². The van der Waals surface area contributed by atoms with Crippen molar-refractivity contribution in [1.29, 1.82) is 0 Å². The van der Waals surface area contributed by atoms with E-state index in [1.54, 1.807) is 0 Å². The molecule has 1 aliphatic heterocycles. The van der Waals surface area contributed by atoms with Crippen LogP contribution in [0.5, 0.6) is 17.2 Å². The van der Waals surface area contributed by atoms with Crippen molar-refractivity contribution in [1.82, 2.24) is 16.2 Å². The SMILES string of the molecule is COc1cccc2c1C(=O)c1c(O)c3c(c(O)c1C2=O)C[C@@](O)(/C(CO)=N/NC(=S)NN)C[C@@H]3O[C@H]1C[C@H](NC(=O)CCC(=O)O)[C@H](O)[C@H](C)O1. The number of aromatic hydroxyl groups is 2. The number of ether oxygens (including phenoxy) is 3. The lowest BCUT2D eigenvalue weighted by atomic mass is 9.71. The van der Waals surface area contributed by atoms with Crippen LogP contribution in [0.4, 0.5) is 0 Å². The number of phenolic OH excluding ortho intramolecular Hbond substituents is 2. The number of aliphatic hydroxyl groups excluding tert-OH is 2. The number of aliphatic carboxylic acids is 1. The number of hydrogen-bond acceptors (Lipinski definition) is 15. The summed E-state index contributed by atoms with van der Waals surface area (Å²) in [7, 11) is 1.30. The van der Waals surface area contributed by atoms with Gasteiger partial charge in [0.2, 0.25) is 16.8 Å². The zero-order valence-corrected chi connectivity index (χ0v) is 28.2. The number of nitrogens with two attached hydrogens (primary N) is 1. The Kier molecular flexibility index (Phi) is 10.9. The number of hydrazone groups is 1. The summed E-state index contributed by atoms with van der Waals surface area (Å²) in [6, 6.07) is 3.31. The van der Waals surface area contributed by atoms with E-state index in [1.807, 2.05) is 0 Å². The van der Waals surface area contributed by atoms with Crippen LogP contribution in [0.3, 0.4) is 0 Å². The molecule has 0 spiro atoms. The Morgan fingerprint density at radius 3 is 2.49 bits per heavy atom. The number of carbonyl (C=O) groups excluding carboxylic acids is 3. The maximum absolute atomic E-state index is 14.0. The lowest BCUT2D eigenvalue weighted by molar-refractivity contribution is -0.248. The summed E-state index contributed by atoms with van der Waals surface area (Å²) >= 11 is 4.93. The molecule has 1 fully saturated rings. The summed E-state index contributed by atoms with van der Waals surface area (Å²) in [6.45, 7) is 0.641. The number of carboxylic acid groups (broad SMARTS) is 1. The van der Waals surface area contributed by atoms with E-state index >= 15 is 0 Å². The molecule has 19 heteroatoms. The molecule has 0 radical (unpaired) electrons. The second-order valence-electron chi connectivity index (χ2n) is 12.3. The smallest absolute Gasteiger partial charge is 0.303 e. The van der Waals surface area contributed by atoms with Gasteiger partial charge in [-0.2, -0.15) is 5.10 Å². The Bertz CT molecular complexity index is 1820. The van der Waals surface area contributed by atoms with Crippen molar-refractivity contribution < 1.29 is 64.0 Å². The fourth-order valence-corrected chi connectivity index (χ4v) is 6.70. The van der Waals surface area contributed by atoms with E-state index in [9.17, 15) is 44.7 Å². The van der Waals surface area contributed by atoms with Gasteiger partial charge in [0.05, 0.1) is 60.8 Å². The first-order valence-corrected chi connectivity index (χ1v) is 16.1. The number of hydrogen-bond donors (Lipinski definition) is 10. The first-order valence-electron chi connectivity index (χ1n) is 15.7. The number of benzene rings is 2. The molecule has 1 amide bonds. The van der Waals surface area contributed by atoms with E-state index in [0.717, 1.165) is 0 Å². The van der Waals surface area contributed by atoms with Crippen molar-refractivity contribution in [3.63, 3.8) is 0 Å². The molecule has 274 valence electrons. The number of aliphatic hydroxyl groups is 3. The van der Waals surface area contributed by atoms with Crippen LogP contribution in [0.2, 0.25) is 0 Å². The van der Waals surface area contributed by atoms with Crippen LogP contribution >= 0.6 is 12.2 Å². The molecule has 5 rings (SSSR count). The molecule has 2 aliphatic carbocycles. The molecule has 51 heavy (non-hydrogen) atoms. The predicted octanol–water partition coefficient (Wildman–Crippen LogP) is -0.852. The number of phenols is 2. The lowest BCUT2D eigenvalue weighted by Gasteiger charge is -2.43. The van der Waals surface area contributed by atoms with Crippen molar-refractivity contribution in [2.45, 2.75) is 75.3 Å². The molecule has 18 nitrogen and oxygen atoms in total. The van der Waals surface area contributed by atoms with Gasteiger partial charge in [-0.3, -0.25) is 30.0 Å². The van der Waals surface area contributed by atoms with E-state index < -0.39 is 108 Å². The molecule has 1 saturated heterocycles. The Hall–Kier alpha value is -4.76. The van der Waals surface area contributed by atoms with Crippen LogP contribution in [0.25, 0.3) is 0 Å². The Labute approximate surface area is 295 Å². The van der Waals surface area contributed by atoms with Gasteiger partial charge in [0.25, 0.3) is 0 Å². The largest absolute Gasteiger partial charge is 0.507 e. The third-order valence-corrected chi connectivity index (χ3v) is 9.33. The van der Waals surface area contributed by atoms with Gasteiger partial charge in [0, 0.05) is 42.4 Å². The highest BCUT2D eigenvalue weighted by Gasteiger charge is 2.50. The van der Waals surface area contributed by atoms with Crippen LogP contribution in [-0.4, -0.2) is 109 Å². The van der Waals surface area contributed by atoms with Crippen molar-refractivity contribution >= 4 is 46.5 Å². The molecular weight excluding hydrogens is 694 g/mol. The number of methoxy groups -OCH3 is 1. The van der Waals surface area contributed by atoms with Gasteiger partial charge in [-0.1, -0.05) is 12.1 Å². The molecule has 3 aliphatic rings. The lowest BCUT2D eigenvalue weighted by Crippen LogP contribution is -2.56. The number of nitrogens with zero attached hydrogens (tertiary/aromatic N) is 1. The minimum absolute atomic E-state index is 0.0519. The fourth-order valence-electron chi connectivity index (χ4n) is 6.66. The van der Waals surface area contributed by atoms with Crippen LogP contribution in [0, 0.1) is 0 Å². The molecule has 0 unspecified atom stereocenters. The monoisotopic (exact) mass is 731 g/mol. The number of rotatable bonds is 10. The first kappa shape index (κ1) is 37.5. The summed E-state index contributed by atoms with van der Waals surface area (Å²) in [4.78, 5) is 51.2. The average molecular weight is 732 g/mol. The predicted molar refractivity (Wildman–Crippen MR) is 178 cm³/mol. The van der Waals surface area contributed by atoms with Crippen LogP contribution in [0.1, 0.15) is 81.7 Å². The number of amides is 1. The highest BCUT2D eigenvalue weighted by Crippen LogP contribution is 2.52. The van der Waals surface area contributed by atoms with Crippen LogP contribution in [-0.2, 0) is 25.5 Å². The molecule has 11 N–H and O–H groups in total. The Morgan fingerprint density at radius 2 is 1.84 bits per heavy atom. The van der Waals surface area contributed by atoms with E-state index in [2.05, 4.69) is 21.3 Å². The number of nitrogens with one attached hydrogen (secondary N) is 3. The molecule has 2 aromatic rings. The zero-order chi connectivity index (χ0) is 37.4. The van der Waals surface area contributed by atoms with Gasteiger partial charge < -0.3 is 50.2 Å². The van der Waals surface area contributed by atoms with Crippen LogP contribution < -0.4 is 26.7 Å². The summed E-state index contributed by atoms with van der Waals surface area (Å²) < 4.78 is 17.5. The molecular formula is C32H37N5O13S. The summed E-state index contributed by atoms with van der Waals surface area (Å²) in [5, 5.41) is 71.9. The maximum Gasteiger partial charge on any atom is 0.303 e. The average Bonchev–Trinajstić information content (AvgIpc) is 3.09. The van der Waals surface area contributed by atoms with Gasteiger partial charge in [0.15, 0.2) is 12.1 Å². The molecule has 6 atom stereocenters. The maximum atomic E-state index is 14.0. The van der Waals surface area contributed by atoms with E-state index in [4.69, 9.17) is 37.4 Å². The van der Waals surface area contributed by atoms with Gasteiger partial charge in [-0.15, -0.1) is 0 Å². The number of ketones is 2. The van der Waals surface area contributed by atoms with Gasteiger partial charge in [-0.05, 0) is 25.2 Å². The van der Waals surface area contributed by atoms with Gasteiger partial charge >= 0.3 is 5.97 Å². The zero-order valence-electron chi connectivity index (χ0n) is 27.3. The van der Waals surface area contributed by atoms with E-state index in [-0.39, 0.29) is 51.7 Å². The van der Waals surface area contributed by atoms with Gasteiger partial charge in [0.1, 0.15) is 29.0 Å². The molecule has 2 aromatic carbocycles.